The molecular formula is C13H18FN. The molecule has 0 saturated carbocycles. The maximum absolute atomic E-state index is 12.8. The first kappa shape index (κ1) is 11.8. The van der Waals surface area contributed by atoms with E-state index >= 15 is 0 Å². The fraction of sp³-hybridized carbons (Fsp3) is 0.385. The summed E-state index contributed by atoms with van der Waals surface area (Å²) in [6.45, 7) is 12.8. The van der Waals surface area contributed by atoms with E-state index in [1.165, 1.54) is 0 Å². The summed E-state index contributed by atoms with van der Waals surface area (Å²) in [7, 11) is 0. The molecule has 0 bridgehead atoms. The molecule has 1 saturated heterocycles. The largest absolute Gasteiger partial charge is 0.364 e. The molecule has 1 nitrogen and oxygen atoms in total. The van der Waals surface area contributed by atoms with Crippen molar-refractivity contribution in [3.63, 3.8) is 0 Å². The number of halogens is 1. The highest BCUT2D eigenvalue weighted by atomic mass is 19.1. The van der Waals surface area contributed by atoms with Gasteiger partial charge in [0.25, 0.3) is 0 Å². The molecule has 0 aromatic rings. The Morgan fingerprint density at radius 3 is 2.40 bits per heavy atom. The van der Waals surface area contributed by atoms with E-state index in [-0.39, 0.29) is 5.83 Å². The summed E-state index contributed by atoms with van der Waals surface area (Å²) in [4.78, 5) is 2.17. The van der Waals surface area contributed by atoms with Gasteiger partial charge in [-0.25, -0.2) is 4.39 Å². The van der Waals surface area contributed by atoms with Crippen LogP contribution in [0.2, 0.25) is 0 Å². The van der Waals surface area contributed by atoms with E-state index in [1.54, 1.807) is 6.92 Å². The van der Waals surface area contributed by atoms with E-state index in [1.807, 2.05) is 25.3 Å². The summed E-state index contributed by atoms with van der Waals surface area (Å²) < 4.78 is 12.8. The Morgan fingerprint density at radius 1 is 1.40 bits per heavy atom. The van der Waals surface area contributed by atoms with Crippen molar-refractivity contribution < 1.29 is 4.39 Å². The maximum atomic E-state index is 12.8. The molecular weight excluding hydrogens is 189 g/mol. The van der Waals surface area contributed by atoms with Gasteiger partial charge in [-0.3, -0.25) is 0 Å². The summed E-state index contributed by atoms with van der Waals surface area (Å²) in [5.41, 5.74) is 1.51. The van der Waals surface area contributed by atoms with Gasteiger partial charge in [-0.05, 0) is 38.0 Å². The zero-order chi connectivity index (χ0) is 11.6. The zero-order valence-corrected chi connectivity index (χ0v) is 9.63. The molecule has 1 aliphatic heterocycles. The van der Waals surface area contributed by atoms with Crippen LogP contribution in [0, 0.1) is 0 Å². The number of rotatable bonds is 4. The molecule has 1 rings (SSSR count). The van der Waals surface area contributed by atoms with Crippen LogP contribution in [0.15, 0.2) is 48.5 Å². The van der Waals surface area contributed by atoms with Crippen molar-refractivity contribution in [2.75, 3.05) is 0 Å². The third-order valence-electron chi connectivity index (χ3n) is 2.96. The van der Waals surface area contributed by atoms with E-state index in [9.17, 15) is 4.39 Å². The Morgan fingerprint density at radius 2 is 2.00 bits per heavy atom. The van der Waals surface area contributed by atoms with Gasteiger partial charge in [-0.1, -0.05) is 12.7 Å². The van der Waals surface area contributed by atoms with Gasteiger partial charge >= 0.3 is 0 Å². The van der Waals surface area contributed by atoms with Gasteiger partial charge in [0.1, 0.15) is 5.83 Å². The first-order chi connectivity index (χ1) is 6.99. The summed E-state index contributed by atoms with van der Waals surface area (Å²) in [6.07, 6.45) is 5.83. The van der Waals surface area contributed by atoms with Crippen molar-refractivity contribution in [1.82, 2.24) is 4.90 Å². The fourth-order valence-electron chi connectivity index (χ4n) is 1.49. The average molecular weight is 207 g/mol. The van der Waals surface area contributed by atoms with Crippen LogP contribution in [-0.4, -0.2) is 17.0 Å². The van der Waals surface area contributed by atoms with Crippen molar-refractivity contribution in [3.8, 4) is 0 Å². The van der Waals surface area contributed by atoms with E-state index < -0.39 is 0 Å². The molecule has 1 fully saturated rings. The second-order valence-corrected chi connectivity index (χ2v) is 3.94. The number of hydrogen-bond donors (Lipinski definition) is 0. The molecule has 0 amide bonds. The first-order valence-corrected chi connectivity index (χ1v) is 5.09. The van der Waals surface area contributed by atoms with Crippen LogP contribution < -0.4 is 0 Å². The molecule has 2 unspecified atom stereocenters. The minimum absolute atomic E-state index is 0.365. The molecule has 15 heavy (non-hydrogen) atoms. The van der Waals surface area contributed by atoms with Crippen LogP contribution in [0.25, 0.3) is 0 Å². The predicted octanol–water partition coefficient (Wildman–Crippen LogP) is 3.58. The van der Waals surface area contributed by atoms with Crippen molar-refractivity contribution in [2.24, 2.45) is 0 Å². The molecule has 0 radical (unpaired) electrons. The van der Waals surface area contributed by atoms with Gasteiger partial charge < -0.3 is 4.90 Å². The molecule has 0 N–H and O–H groups in total. The predicted molar refractivity (Wildman–Crippen MR) is 63.0 cm³/mol. The van der Waals surface area contributed by atoms with Gasteiger partial charge in [0.2, 0.25) is 0 Å². The first-order valence-electron chi connectivity index (χ1n) is 5.09. The van der Waals surface area contributed by atoms with Gasteiger partial charge in [0, 0.05) is 6.20 Å². The summed E-state index contributed by atoms with van der Waals surface area (Å²) in [5.74, 6) is -0.365. The molecule has 0 spiro atoms. The smallest absolute Gasteiger partial charge is 0.119 e. The normalized spacial score (nSPS) is 26.5. The van der Waals surface area contributed by atoms with Crippen molar-refractivity contribution in [2.45, 2.75) is 32.9 Å². The van der Waals surface area contributed by atoms with Gasteiger partial charge in [0.05, 0.1) is 12.1 Å². The molecule has 1 aliphatic rings. The Bertz CT molecular complexity index is 338. The fourth-order valence-corrected chi connectivity index (χ4v) is 1.49. The third kappa shape index (κ3) is 2.58. The van der Waals surface area contributed by atoms with E-state index in [2.05, 4.69) is 25.0 Å². The minimum Gasteiger partial charge on any atom is -0.364 e. The Hall–Kier alpha value is -1.31. The van der Waals surface area contributed by atoms with Crippen LogP contribution in [0.3, 0.4) is 0 Å². The number of nitrogens with zero attached hydrogens (tertiary/aromatic N) is 1. The van der Waals surface area contributed by atoms with Crippen LogP contribution in [0.4, 0.5) is 4.39 Å². The highest BCUT2D eigenvalue weighted by molar-refractivity contribution is 5.33. The quantitative estimate of drug-likeness (QED) is 0.387. The number of allylic oxidation sites excluding steroid dienone is 4. The van der Waals surface area contributed by atoms with Crippen LogP contribution in [0.5, 0.6) is 0 Å². The van der Waals surface area contributed by atoms with E-state index in [4.69, 9.17) is 0 Å². The lowest BCUT2D eigenvalue weighted by atomic mass is 10.1. The monoisotopic (exact) mass is 207 g/mol. The van der Waals surface area contributed by atoms with Gasteiger partial charge in [0.15, 0.2) is 0 Å². The second-order valence-electron chi connectivity index (χ2n) is 3.94. The highest BCUT2D eigenvalue weighted by Crippen LogP contribution is 2.29. The van der Waals surface area contributed by atoms with Crippen molar-refractivity contribution >= 4 is 0 Å². The molecule has 2 heteroatoms. The van der Waals surface area contributed by atoms with Crippen molar-refractivity contribution in [3.05, 3.63) is 48.5 Å². The Labute approximate surface area is 91.3 Å². The topological polar surface area (TPSA) is 3.01 Å². The molecule has 2 atom stereocenters. The maximum Gasteiger partial charge on any atom is 0.119 e. The zero-order valence-electron chi connectivity index (χ0n) is 9.63. The summed E-state index contributed by atoms with van der Waals surface area (Å²) >= 11 is 0. The summed E-state index contributed by atoms with van der Waals surface area (Å²) in [5, 5.41) is 0. The van der Waals surface area contributed by atoms with Crippen molar-refractivity contribution in [1.29, 1.82) is 0 Å². The van der Waals surface area contributed by atoms with E-state index in [0.717, 1.165) is 5.57 Å². The van der Waals surface area contributed by atoms with Crippen LogP contribution in [0.1, 0.15) is 20.8 Å². The van der Waals surface area contributed by atoms with Crippen LogP contribution in [-0.2, 0) is 0 Å². The Balaban J connectivity index is 2.64. The van der Waals surface area contributed by atoms with Gasteiger partial charge in [-0.15, -0.1) is 6.58 Å². The molecule has 1 heterocycles. The lowest BCUT2D eigenvalue weighted by molar-refractivity contribution is 0.653. The average Bonchev–Trinajstić information content (AvgIpc) is 2.83. The Kier molecular flexibility index (Phi) is 3.51. The molecule has 82 valence electrons. The standard InChI is InChI=1S/C13H18FN/c1-6-13-12(5)15(13)8-7-9(2)10(3)11(4)14/h6-8,12-13H,1,4H2,2-3,5H3/b8-7-,10-9-. The number of hydrogen-bond acceptors (Lipinski definition) is 1. The van der Waals surface area contributed by atoms with Gasteiger partial charge in [-0.2, -0.15) is 0 Å². The third-order valence-corrected chi connectivity index (χ3v) is 2.96. The lowest BCUT2D eigenvalue weighted by Gasteiger charge is -2.00. The highest BCUT2D eigenvalue weighted by Gasteiger charge is 2.38. The molecule has 0 aromatic heterocycles. The minimum atomic E-state index is -0.365. The molecule has 0 aliphatic carbocycles. The lowest BCUT2D eigenvalue weighted by Crippen LogP contribution is -1.89. The van der Waals surface area contributed by atoms with Crippen LogP contribution >= 0.6 is 0 Å². The SMILES string of the molecule is C=CC1C(C)N1/C=C\C(C)=C(\C)C(=C)F. The second kappa shape index (κ2) is 4.47. The summed E-state index contributed by atoms with van der Waals surface area (Å²) in [6, 6.07) is 0.948. The molecule has 0 aromatic carbocycles. The van der Waals surface area contributed by atoms with E-state index in [0.29, 0.717) is 17.7 Å².